The summed E-state index contributed by atoms with van der Waals surface area (Å²) < 4.78 is 14.8. The predicted octanol–water partition coefficient (Wildman–Crippen LogP) is 2.18. The number of hydrogen-bond acceptors (Lipinski definition) is 8. The van der Waals surface area contributed by atoms with Gasteiger partial charge in [-0.15, -0.1) is 5.92 Å². The van der Waals surface area contributed by atoms with E-state index in [2.05, 4.69) is 11.8 Å². The highest BCUT2D eigenvalue weighted by Gasteiger charge is 2.39. The van der Waals surface area contributed by atoms with Gasteiger partial charge in [-0.2, -0.15) is 4.98 Å². The number of anilines is 1. The molecule has 1 fully saturated rings. The second kappa shape index (κ2) is 12.4. The van der Waals surface area contributed by atoms with E-state index in [1.165, 1.54) is 9.47 Å². The van der Waals surface area contributed by atoms with E-state index in [1.54, 1.807) is 32.3 Å². The number of imidazole rings is 1. The van der Waals surface area contributed by atoms with Crippen LogP contribution < -0.4 is 16.1 Å². The van der Waals surface area contributed by atoms with Gasteiger partial charge in [0.2, 0.25) is 5.95 Å². The standard InChI is InChI=1S/C28H42N6O7/c1-9-11-12-32-20-21(29-24(32)30-13-14-31(26(38)39)19(17-30)27(3,4)5)33(15-16-40-10-2)25(37)34(22(20)35)18-41-23(36)28(6,7)8/h19H,10,12-18H2,1-8H3,(H,38,39). The van der Waals surface area contributed by atoms with Crippen LogP contribution in [0.4, 0.5) is 10.7 Å². The fourth-order valence-corrected chi connectivity index (χ4v) is 4.72. The van der Waals surface area contributed by atoms with E-state index in [4.69, 9.17) is 14.5 Å². The number of fused-ring (bicyclic) bond motifs is 1. The highest BCUT2D eigenvalue weighted by atomic mass is 16.5. The van der Waals surface area contributed by atoms with Crippen molar-refractivity contribution >= 4 is 29.2 Å². The SMILES string of the molecule is CC#CCn1c(N2CCN(C(=O)O)C(C(C)(C)C)C2)nc2c1c(=O)n(COC(=O)C(C)(C)C)c(=O)n2CCOCC. The lowest BCUT2D eigenvalue weighted by atomic mass is 9.84. The van der Waals surface area contributed by atoms with E-state index >= 15 is 0 Å². The van der Waals surface area contributed by atoms with Crippen LogP contribution >= 0.6 is 0 Å². The first-order valence-corrected chi connectivity index (χ1v) is 13.8. The molecule has 0 spiro atoms. The van der Waals surface area contributed by atoms with Crippen molar-refractivity contribution in [1.29, 1.82) is 0 Å². The van der Waals surface area contributed by atoms with Crippen molar-refractivity contribution < 1.29 is 24.2 Å². The summed E-state index contributed by atoms with van der Waals surface area (Å²) in [7, 11) is 0. The van der Waals surface area contributed by atoms with E-state index in [-0.39, 0.29) is 48.9 Å². The van der Waals surface area contributed by atoms with Crippen molar-refractivity contribution in [2.45, 2.75) is 81.3 Å². The molecule has 1 aliphatic rings. The van der Waals surface area contributed by atoms with E-state index < -0.39 is 35.5 Å². The third-order valence-electron chi connectivity index (χ3n) is 7.02. The maximum Gasteiger partial charge on any atom is 0.407 e. The molecule has 1 atom stereocenters. The Bertz CT molecular complexity index is 1460. The van der Waals surface area contributed by atoms with Crippen molar-refractivity contribution in [3.63, 3.8) is 0 Å². The zero-order chi connectivity index (χ0) is 30.7. The first-order chi connectivity index (χ1) is 19.1. The average molecular weight is 575 g/mol. The maximum absolute atomic E-state index is 13.9. The van der Waals surface area contributed by atoms with Crippen LogP contribution in [-0.2, 0) is 34.1 Å². The minimum Gasteiger partial charge on any atom is -0.465 e. The quantitative estimate of drug-likeness (QED) is 0.285. The second-order valence-electron chi connectivity index (χ2n) is 12.1. The van der Waals surface area contributed by atoms with Crippen LogP contribution in [0.5, 0.6) is 0 Å². The second-order valence-corrected chi connectivity index (χ2v) is 12.1. The van der Waals surface area contributed by atoms with Crippen LogP contribution in [0.15, 0.2) is 9.59 Å². The molecule has 0 radical (unpaired) electrons. The molecule has 41 heavy (non-hydrogen) atoms. The molecule has 1 aliphatic heterocycles. The normalized spacial score (nSPS) is 16.0. The lowest BCUT2D eigenvalue weighted by molar-refractivity contribution is -0.157. The predicted molar refractivity (Wildman–Crippen MR) is 154 cm³/mol. The van der Waals surface area contributed by atoms with Crippen molar-refractivity contribution in [2.24, 2.45) is 10.8 Å². The van der Waals surface area contributed by atoms with Crippen molar-refractivity contribution in [1.82, 2.24) is 23.6 Å². The average Bonchev–Trinajstić information content (AvgIpc) is 3.27. The molecule has 0 aliphatic carbocycles. The Morgan fingerprint density at radius 2 is 1.76 bits per heavy atom. The minimum atomic E-state index is -0.993. The maximum atomic E-state index is 13.9. The Morgan fingerprint density at radius 1 is 1.07 bits per heavy atom. The zero-order valence-electron chi connectivity index (χ0n) is 25.3. The summed E-state index contributed by atoms with van der Waals surface area (Å²) in [6.07, 6.45) is -0.993. The highest BCUT2D eigenvalue weighted by Crippen LogP contribution is 2.31. The van der Waals surface area contributed by atoms with Gasteiger partial charge in [0.1, 0.15) is 0 Å². The van der Waals surface area contributed by atoms with Crippen molar-refractivity contribution in [3.8, 4) is 11.8 Å². The molecule has 0 bridgehead atoms. The number of carbonyl (C=O) groups is 2. The van der Waals surface area contributed by atoms with Gasteiger partial charge >= 0.3 is 17.8 Å². The topological polar surface area (TPSA) is 141 Å². The lowest BCUT2D eigenvalue weighted by Gasteiger charge is -2.46. The van der Waals surface area contributed by atoms with Gasteiger partial charge < -0.3 is 24.4 Å². The van der Waals surface area contributed by atoms with Crippen LogP contribution in [0.25, 0.3) is 11.2 Å². The Morgan fingerprint density at radius 3 is 2.32 bits per heavy atom. The third kappa shape index (κ3) is 6.75. The molecule has 0 saturated carbocycles. The van der Waals surface area contributed by atoms with Crippen LogP contribution in [0, 0.1) is 22.7 Å². The number of nitrogens with zero attached hydrogens (tertiary/aromatic N) is 6. The molecule has 226 valence electrons. The molecule has 2 aromatic heterocycles. The van der Waals surface area contributed by atoms with Gasteiger partial charge in [0.25, 0.3) is 5.56 Å². The Labute approximate surface area is 239 Å². The lowest BCUT2D eigenvalue weighted by Crippen LogP contribution is -2.60. The molecule has 1 saturated heterocycles. The molecule has 13 heteroatoms. The van der Waals surface area contributed by atoms with E-state index in [0.717, 1.165) is 4.57 Å². The third-order valence-corrected chi connectivity index (χ3v) is 7.02. The number of carboxylic acid groups (broad SMARTS) is 1. The molecule has 1 amide bonds. The summed E-state index contributed by atoms with van der Waals surface area (Å²) in [6.45, 7) is 15.7. The minimum absolute atomic E-state index is 0.113. The van der Waals surface area contributed by atoms with Crippen LogP contribution in [0.1, 0.15) is 55.4 Å². The number of rotatable bonds is 8. The number of hydrogen-bond donors (Lipinski definition) is 1. The number of ether oxygens (including phenoxy) is 2. The molecular formula is C28H42N6O7. The summed E-state index contributed by atoms with van der Waals surface area (Å²) >= 11 is 0. The van der Waals surface area contributed by atoms with Gasteiger partial charge in [-0.25, -0.2) is 14.2 Å². The monoisotopic (exact) mass is 574 g/mol. The summed E-state index contributed by atoms with van der Waals surface area (Å²) in [5, 5.41) is 9.83. The van der Waals surface area contributed by atoms with Crippen LogP contribution in [0.3, 0.4) is 0 Å². The molecule has 1 N–H and O–H groups in total. The largest absolute Gasteiger partial charge is 0.465 e. The van der Waals surface area contributed by atoms with Gasteiger partial charge in [-0.05, 0) is 40.0 Å². The van der Waals surface area contributed by atoms with Gasteiger partial charge in [-0.3, -0.25) is 18.7 Å². The highest BCUT2D eigenvalue weighted by molar-refractivity contribution is 5.76. The van der Waals surface area contributed by atoms with E-state index in [9.17, 15) is 24.3 Å². The molecule has 13 nitrogen and oxygen atoms in total. The molecular weight excluding hydrogens is 532 g/mol. The van der Waals surface area contributed by atoms with E-state index in [0.29, 0.717) is 25.6 Å². The molecule has 0 aromatic carbocycles. The Hall–Kier alpha value is -3.79. The number of aromatic nitrogens is 4. The smallest absolute Gasteiger partial charge is 0.407 e. The summed E-state index contributed by atoms with van der Waals surface area (Å²) in [5.41, 5.74) is -2.23. The Kier molecular flexibility index (Phi) is 9.58. The van der Waals surface area contributed by atoms with Crippen molar-refractivity contribution in [3.05, 3.63) is 20.8 Å². The molecule has 3 heterocycles. The summed E-state index contributed by atoms with van der Waals surface area (Å²) in [6, 6.07) is -0.354. The zero-order valence-corrected chi connectivity index (χ0v) is 25.3. The number of carbonyl (C=O) groups excluding carboxylic acids is 1. The summed E-state index contributed by atoms with van der Waals surface area (Å²) in [4.78, 5) is 60.1. The fraction of sp³-hybridized carbons (Fsp3) is 0.679. The molecule has 1 unspecified atom stereocenters. The number of esters is 1. The van der Waals surface area contributed by atoms with Gasteiger partial charge in [-0.1, -0.05) is 26.7 Å². The van der Waals surface area contributed by atoms with E-state index in [1.807, 2.05) is 32.6 Å². The van der Waals surface area contributed by atoms with Gasteiger partial charge in [0.05, 0.1) is 31.2 Å². The fourth-order valence-electron chi connectivity index (χ4n) is 4.72. The number of piperazine rings is 1. The van der Waals surface area contributed by atoms with Crippen LogP contribution in [-0.4, -0.2) is 79.6 Å². The first kappa shape index (κ1) is 31.7. The van der Waals surface area contributed by atoms with Crippen LogP contribution in [0.2, 0.25) is 0 Å². The first-order valence-electron chi connectivity index (χ1n) is 13.8. The summed E-state index contributed by atoms with van der Waals surface area (Å²) in [5.74, 6) is 5.69. The number of amides is 1. The molecule has 3 rings (SSSR count). The van der Waals surface area contributed by atoms with Gasteiger partial charge in [0, 0.05) is 26.2 Å². The molecule has 2 aromatic rings. The van der Waals surface area contributed by atoms with Gasteiger partial charge in [0.15, 0.2) is 17.9 Å². The van der Waals surface area contributed by atoms with Crippen molar-refractivity contribution in [2.75, 3.05) is 37.7 Å². The Balaban J connectivity index is 2.24.